The van der Waals surface area contributed by atoms with Crippen LogP contribution in [-0.4, -0.2) is 13.3 Å². The topological polar surface area (TPSA) is 52.6 Å². The second kappa shape index (κ2) is 5.01. The van der Waals surface area contributed by atoms with E-state index < -0.39 is 13.4 Å². The third-order valence-electron chi connectivity index (χ3n) is 1.34. The molecule has 0 aliphatic carbocycles. The predicted molar refractivity (Wildman–Crippen MR) is 66.5 cm³/mol. The minimum absolute atomic E-state index is 0.267. The van der Waals surface area contributed by atoms with Crippen LogP contribution in [0, 0.1) is 0 Å². The SMILES string of the molecule is CP(=O)(Cl)Oc1cccc(OP(C)(=O)Cl)c1. The van der Waals surface area contributed by atoms with Crippen molar-refractivity contribution in [3.63, 3.8) is 0 Å². The van der Waals surface area contributed by atoms with Gasteiger partial charge in [0.1, 0.15) is 11.5 Å². The molecule has 0 bridgehead atoms. The fourth-order valence-electron chi connectivity index (χ4n) is 0.964. The zero-order valence-corrected chi connectivity index (χ0v) is 11.9. The van der Waals surface area contributed by atoms with Crippen LogP contribution in [0.5, 0.6) is 11.5 Å². The molecule has 90 valence electrons. The summed E-state index contributed by atoms with van der Waals surface area (Å²) in [5.74, 6) is 0.534. The van der Waals surface area contributed by atoms with E-state index in [2.05, 4.69) is 0 Å². The molecule has 0 heterocycles. The zero-order chi connectivity index (χ0) is 12.4. The van der Waals surface area contributed by atoms with Gasteiger partial charge in [-0.2, -0.15) is 0 Å². The summed E-state index contributed by atoms with van der Waals surface area (Å²) in [5, 5.41) is 0. The van der Waals surface area contributed by atoms with Crippen LogP contribution >= 0.6 is 35.9 Å². The molecule has 4 nitrogen and oxygen atoms in total. The van der Waals surface area contributed by atoms with E-state index in [0.29, 0.717) is 0 Å². The summed E-state index contributed by atoms with van der Waals surface area (Å²) >= 11 is 10.9. The molecule has 0 amide bonds. The Morgan fingerprint density at radius 1 is 1.00 bits per heavy atom. The fourth-order valence-corrected chi connectivity index (χ4v) is 2.42. The van der Waals surface area contributed by atoms with E-state index in [1.165, 1.54) is 19.4 Å². The van der Waals surface area contributed by atoms with Crippen molar-refractivity contribution >= 4 is 35.9 Å². The molecule has 1 rings (SSSR count). The molecule has 0 spiro atoms. The first-order valence-corrected chi connectivity index (χ1v) is 10.1. The van der Waals surface area contributed by atoms with Gasteiger partial charge in [0, 0.05) is 19.4 Å². The van der Waals surface area contributed by atoms with E-state index in [0.717, 1.165) is 0 Å². The number of rotatable bonds is 4. The molecule has 2 atom stereocenters. The third kappa shape index (κ3) is 5.81. The van der Waals surface area contributed by atoms with Crippen LogP contribution < -0.4 is 9.05 Å². The number of hydrogen-bond donors (Lipinski definition) is 0. The average molecular weight is 303 g/mol. The minimum atomic E-state index is -3.14. The molecule has 0 aliphatic heterocycles. The second-order valence-electron chi connectivity index (χ2n) is 3.15. The van der Waals surface area contributed by atoms with E-state index in [1.54, 1.807) is 18.2 Å². The molecular weight excluding hydrogens is 293 g/mol. The first kappa shape index (κ1) is 13.9. The van der Waals surface area contributed by atoms with E-state index in [9.17, 15) is 9.13 Å². The molecule has 0 N–H and O–H groups in total. The fraction of sp³-hybridized carbons (Fsp3) is 0.250. The highest BCUT2D eigenvalue weighted by atomic mass is 35.7. The molecule has 2 unspecified atom stereocenters. The molecule has 0 aliphatic rings. The first-order chi connectivity index (χ1) is 7.16. The largest absolute Gasteiger partial charge is 0.433 e. The van der Waals surface area contributed by atoms with Gasteiger partial charge in [-0.1, -0.05) is 6.07 Å². The lowest BCUT2D eigenvalue weighted by atomic mass is 10.3. The van der Waals surface area contributed by atoms with Crippen LogP contribution in [0.25, 0.3) is 0 Å². The van der Waals surface area contributed by atoms with Crippen LogP contribution in [0.15, 0.2) is 24.3 Å². The van der Waals surface area contributed by atoms with Crippen LogP contribution in [0.1, 0.15) is 0 Å². The van der Waals surface area contributed by atoms with Crippen molar-refractivity contribution in [1.29, 1.82) is 0 Å². The van der Waals surface area contributed by atoms with Crippen molar-refractivity contribution in [3.8, 4) is 11.5 Å². The van der Waals surface area contributed by atoms with Crippen LogP contribution in [0.2, 0.25) is 0 Å². The quantitative estimate of drug-likeness (QED) is 0.765. The van der Waals surface area contributed by atoms with Crippen LogP contribution in [-0.2, 0) is 9.13 Å². The Labute approximate surface area is 103 Å². The Morgan fingerprint density at radius 2 is 1.38 bits per heavy atom. The minimum Gasteiger partial charge on any atom is -0.433 e. The van der Waals surface area contributed by atoms with Crippen molar-refractivity contribution in [2.45, 2.75) is 0 Å². The molecule has 0 saturated heterocycles. The van der Waals surface area contributed by atoms with Gasteiger partial charge in [0.25, 0.3) is 0 Å². The summed E-state index contributed by atoms with van der Waals surface area (Å²) in [5.41, 5.74) is 0. The van der Waals surface area contributed by atoms with Gasteiger partial charge in [-0.15, -0.1) is 0 Å². The van der Waals surface area contributed by atoms with Crippen molar-refractivity contribution in [2.24, 2.45) is 0 Å². The number of halogens is 2. The standard InChI is InChI=1S/C8H10Cl2O4P2/c1-15(9,11)13-7-4-3-5-8(6-7)14-16(2,10)12/h3-6H,1-2H3. The van der Waals surface area contributed by atoms with Crippen molar-refractivity contribution in [3.05, 3.63) is 24.3 Å². The Hall–Kier alpha value is -0.140. The Balaban J connectivity index is 2.88. The van der Waals surface area contributed by atoms with Crippen molar-refractivity contribution in [2.75, 3.05) is 13.3 Å². The lowest BCUT2D eigenvalue weighted by molar-refractivity contribution is 0.494. The lowest BCUT2D eigenvalue weighted by Crippen LogP contribution is -1.88. The summed E-state index contributed by atoms with van der Waals surface area (Å²) < 4.78 is 32.3. The molecular formula is C8H10Cl2O4P2. The third-order valence-corrected chi connectivity index (χ3v) is 2.83. The monoisotopic (exact) mass is 302 g/mol. The van der Waals surface area contributed by atoms with Gasteiger partial charge in [-0.3, -0.25) is 9.13 Å². The average Bonchev–Trinajstić information content (AvgIpc) is 1.96. The highest BCUT2D eigenvalue weighted by Gasteiger charge is 2.15. The summed E-state index contributed by atoms with van der Waals surface area (Å²) in [6.45, 7) is -3.74. The van der Waals surface area contributed by atoms with Gasteiger partial charge in [0.05, 0.1) is 0 Å². The van der Waals surface area contributed by atoms with Crippen molar-refractivity contribution in [1.82, 2.24) is 0 Å². The maximum absolute atomic E-state index is 11.2. The normalized spacial score (nSPS) is 18.2. The zero-order valence-electron chi connectivity index (χ0n) is 8.59. The molecule has 16 heavy (non-hydrogen) atoms. The summed E-state index contributed by atoms with van der Waals surface area (Å²) in [7, 11) is 0. The molecule has 0 saturated carbocycles. The number of hydrogen-bond acceptors (Lipinski definition) is 4. The summed E-state index contributed by atoms with van der Waals surface area (Å²) in [6.07, 6.45) is 0. The molecule has 1 aromatic carbocycles. The van der Waals surface area contributed by atoms with E-state index in [1.807, 2.05) is 0 Å². The molecule has 8 heteroatoms. The van der Waals surface area contributed by atoms with E-state index in [4.69, 9.17) is 31.5 Å². The van der Waals surface area contributed by atoms with Crippen LogP contribution in [0.3, 0.4) is 0 Å². The van der Waals surface area contributed by atoms with Gasteiger partial charge in [-0.25, -0.2) is 0 Å². The molecule has 1 aromatic rings. The maximum atomic E-state index is 11.2. The van der Waals surface area contributed by atoms with Gasteiger partial charge in [-0.05, 0) is 34.6 Å². The lowest BCUT2D eigenvalue weighted by Gasteiger charge is -2.11. The second-order valence-corrected chi connectivity index (χ2v) is 10.2. The van der Waals surface area contributed by atoms with Gasteiger partial charge < -0.3 is 9.05 Å². The van der Waals surface area contributed by atoms with Gasteiger partial charge in [0.15, 0.2) is 0 Å². The first-order valence-electron chi connectivity index (χ1n) is 4.19. The summed E-state index contributed by atoms with van der Waals surface area (Å²) in [4.78, 5) is 0. The Kier molecular flexibility index (Phi) is 4.36. The van der Waals surface area contributed by atoms with Crippen molar-refractivity contribution < 1.29 is 18.2 Å². The predicted octanol–water partition coefficient (Wildman–Crippen LogP) is 4.57. The van der Waals surface area contributed by atoms with Crippen LogP contribution in [0.4, 0.5) is 0 Å². The molecule has 0 fully saturated rings. The Bertz CT molecular complexity index is 426. The van der Waals surface area contributed by atoms with E-state index >= 15 is 0 Å². The molecule has 0 radical (unpaired) electrons. The number of benzene rings is 1. The highest BCUT2D eigenvalue weighted by Crippen LogP contribution is 2.51. The van der Waals surface area contributed by atoms with Gasteiger partial charge >= 0.3 is 13.4 Å². The Morgan fingerprint density at radius 3 is 1.69 bits per heavy atom. The maximum Gasteiger partial charge on any atom is 0.333 e. The molecule has 0 aromatic heterocycles. The van der Waals surface area contributed by atoms with Gasteiger partial charge in [0.2, 0.25) is 0 Å². The smallest absolute Gasteiger partial charge is 0.333 e. The van der Waals surface area contributed by atoms with E-state index in [-0.39, 0.29) is 11.5 Å². The summed E-state index contributed by atoms with van der Waals surface area (Å²) in [6, 6.07) is 6.11. The highest BCUT2D eigenvalue weighted by molar-refractivity contribution is 7.85.